The van der Waals surface area contributed by atoms with Gasteiger partial charge in [0, 0.05) is 23.9 Å². The van der Waals surface area contributed by atoms with Crippen molar-refractivity contribution in [2.24, 2.45) is 5.73 Å². The van der Waals surface area contributed by atoms with Crippen molar-refractivity contribution >= 4 is 40.6 Å². The average molecular weight is 491 g/mol. The molecule has 0 bridgehead atoms. The minimum Gasteiger partial charge on any atom is -0.497 e. The molecule has 0 atom stereocenters. The zero-order chi connectivity index (χ0) is 24.3. The lowest BCUT2D eigenvalue weighted by Crippen LogP contribution is -2.35. The molecular weight excluding hydrogens is 467 g/mol. The number of hydrogen-bond acceptors (Lipinski definition) is 7. The highest BCUT2D eigenvalue weighted by molar-refractivity contribution is 6.38. The molecule has 174 valence electrons. The van der Waals surface area contributed by atoms with Crippen molar-refractivity contribution in [1.82, 2.24) is 14.5 Å². The van der Waals surface area contributed by atoms with Crippen LogP contribution in [0.4, 0.5) is 11.5 Å². The van der Waals surface area contributed by atoms with Crippen LogP contribution in [0.3, 0.4) is 0 Å². The number of rotatable bonds is 7. The van der Waals surface area contributed by atoms with Crippen LogP contribution in [0.25, 0.3) is 5.69 Å². The second kappa shape index (κ2) is 9.78. The predicted molar refractivity (Wildman–Crippen MR) is 129 cm³/mol. The number of pyridine rings is 1. The van der Waals surface area contributed by atoms with E-state index in [-0.39, 0.29) is 27.1 Å². The van der Waals surface area contributed by atoms with Gasteiger partial charge in [-0.15, -0.1) is 0 Å². The lowest BCUT2D eigenvalue weighted by molar-refractivity contribution is 0.102. The standard InChI is InChI=1S/C22H24Cl2N6O3/c1-4-22(26,5-2)12-6-13(10-27-9-12)29-20(31)17-19(25)28-11-30(21(17)32)18-15(23)7-14(33-3)8-16(18)24/h6-11H,4-5,25-26H2,1-3H3,(H,29,31). The summed E-state index contributed by atoms with van der Waals surface area (Å²) >= 11 is 12.6. The van der Waals surface area contributed by atoms with Crippen molar-refractivity contribution in [1.29, 1.82) is 0 Å². The normalized spacial score (nSPS) is 11.3. The molecule has 0 saturated carbocycles. The number of aromatic nitrogens is 3. The molecule has 33 heavy (non-hydrogen) atoms. The number of anilines is 2. The van der Waals surface area contributed by atoms with Crippen LogP contribution in [-0.4, -0.2) is 27.6 Å². The summed E-state index contributed by atoms with van der Waals surface area (Å²) in [7, 11) is 1.46. The highest BCUT2D eigenvalue weighted by Gasteiger charge is 2.25. The Morgan fingerprint density at radius 3 is 2.39 bits per heavy atom. The molecule has 1 amide bonds. The predicted octanol–water partition coefficient (Wildman–Crippen LogP) is 3.75. The zero-order valence-corrected chi connectivity index (χ0v) is 19.9. The quantitative estimate of drug-likeness (QED) is 0.458. The Bertz CT molecular complexity index is 1230. The van der Waals surface area contributed by atoms with Gasteiger partial charge in [-0.25, -0.2) is 4.98 Å². The van der Waals surface area contributed by atoms with Gasteiger partial charge in [0.25, 0.3) is 11.5 Å². The highest BCUT2D eigenvalue weighted by Crippen LogP contribution is 2.32. The summed E-state index contributed by atoms with van der Waals surface area (Å²) in [4.78, 5) is 34.4. The topological polar surface area (TPSA) is 138 Å². The van der Waals surface area contributed by atoms with Crippen LogP contribution in [0.1, 0.15) is 42.6 Å². The monoisotopic (exact) mass is 490 g/mol. The van der Waals surface area contributed by atoms with Crippen LogP contribution < -0.4 is 27.1 Å². The lowest BCUT2D eigenvalue weighted by Gasteiger charge is -2.27. The fourth-order valence-electron chi connectivity index (χ4n) is 3.36. The second-order valence-electron chi connectivity index (χ2n) is 7.40. The third kappa shape index (κ3) is 4.80. The van der Waals surface area contributed by atoms with Crippen LogP contribution in [-0.2, 0) is 5.54 Å². The number of nitrogen functional groups attached to an aromatic ring is 1. The number of nitrogens with zero attached hydrogens (tertiary/aromatic N) is 3. The van der Waals surface area contributed by atoms with E-state index in [1.54, 1.807) is 12.3 Å². The average Bonchev–Trinajstić information content (AvgIpc) is 2.79. The first-order valence-corrected chi connectivity index (χ1v) is 10.9. The van der Waals surface area contributed by atoms with Crippen molar-refractivity contribution in [3.63, 3.8) is 0 Å². The molecule has 0 aliphatic rings. The first-order valence-electron chi connectivity index (χ1n) is 10.1. The molecule has 3 rings (SSSR count). The number of halogens is 2. The number of nitrogens with two attached hydrogens (primary N) is 2. The molecule has 1 aromatic carbocycles. The van der Waals surface area contributed by atoms with Gasteiger partial charge in [-0.2, -0.15) is 0 Å². The van der Waals surface area contributed by atoms with E-state index in [0.717, 1.165) is 16.5 Å². The Labute approximate surface area is 200 Å². The number of ether oxygens (including phenoxy) is 1. The molecule has 3 aromatic rings. The largest absolute Gasteiger partial charge is 0.497 e. The van der Waals surface area contributed by atoms with Crippen LogP contribution >= 0.6 is 23.2 Å². The van der Waals surface area contributed by atoms with Gasteiger partial charge in [0.1, 0.15) is 23.5 Å². The highest BCUT2D eigenvalue weighted by atomic mass is 35.5. The van der Waals surface area contributed by atoms with E-state index in [2.05, 4.69) is 15.3 Å². The van der Waals surface area contributed by atoms with Crippen LogP contribution in [0, 0.1) is 0 Å². The number of carbonyl (C=O) groups excluding carboxylic acids is 1. The zero-order valence-electron chi connectivity index (χ0n) is 18.4. The first-order chi connectivity index (χ1) is 15.6. The van der Waals surface area contributed by atoms with E-state index in [1.807, 2.05) is 13.8 Å². The van der Waals surface area contributed by atoms with Crippen molar-refractivity contribution in [2.75, 3.05) is 18.2 Å². The first kappa shape index (κ1) is 24.5. The maximum Gasteiger partial charge on any atom is 0.273 e. The van der Waals surface area contributed by atoms with Gasteiger partial charge in [0.2, 0.25) is 0 Å². The number of nitrogens with one attached hydrogen (secondary N) is 1. The molecule has 0 spiro atoms. The lowest BCUT2D eigenvalue weighted by atomic mass is 9.87. The van der Waals surface area contributed by atoms with Gasteiger partial charge in [-0.1, -0.05) is 37.0 Å². The minimum absolute atomic E-state index is 0.134. The third-order valence-corrected chi connectivity index (χ3v) is 6.10. The van der Waals surface area contributed by atoms with E-state index in [4.69, 9.17) is 39.4 Å². The summed E-state index contributed by atoms with van der Waals surface area (Å²) < 4.78 is 6.18. The summed E-state index contributed by atoms with van der Waals surface area (Å²) in [6, 6.07) is 4.70. The SMILES string of the molecule is CCC(N)(CC)c1cncc(NC(=O)c2c(N)ncn(-c3c(Cl)cc(OC)cc3Cl)c2=O)c1. The minimum atomic E-state index is -0.755. The summed E-state index contributed by atoms with van der Waals surface area (Å²) in [6.07, 6.45) is 5.64. The Morgan fingerprint density at radius 1 is 1.18 bits per heavy atom. The Morgan fingerprint density at radius 2 is 1.82 bits per heavy atom. The number of methoxy groups -OCH3 is 1. The Kier molecular flexibility index (Phi) is 7.26. The van der Waals surface area contributed by atoms with Gasteiger partial charge in [0.15, 0.2) is 0 Å². The molecule has 2 heterocycles. The van der Waals surface area contributed by atoms with Gasteiger partial charge >= 0.3 is 0 Å². The van der Waals surface area contributed by atoms with E-state index >= 15 is 0 Å². The van der Waals surface area contributed by atoms with E-state index in [0.29, 0.717) is 24.3 Å². The molecule has 0 unspecified atom stereocenters. The summed E-state index contributed by atoms with van der Waals surface area (Å²) in [5.41, 5.74) is 11.9. The molecule has 0 fully saturated rings. The summed E-state index contributed by atoms with van der Waals surface area (Å²) in [5.74, 6) is -0.589. The molecule has 11 heteroatoms. The van der Waals surface area contributed by atoms with Crippen LogP contribution in [0.15, 0.2) is 41.7 Å². The van der Waals surface area contributed by atoms with Crippen molar-refractivity contribution in [3.8, 4) is 11.4 Å². The molecule has 2 aromatic heterocycles. The molecule has 0 aliphatic heterocycles. The van der Waals surface area contributed by atoms with Gasteiger partial charge in [-0.05, 0) is 24.5 Å². The summed E-state index contributed by atoms with van der Waals surface area (Å²) in [6.45, 7) is 3.95. The second-order valence-corrected chi connectivity index (χ2v) is 8.21. The van der Waals surface area contributed by atoms with Gasteiger partial charge in [-0.3, -0.25) is 19.1 Å². The van der Waals surface area contributed by atoms with Gasteiger partial charge in [0.05, 0.1) is 34.7 Å². The Balaban J connectivity index is 2.02. The molecule has 5 N–H and O–H groups in total. The van der Waals surface area contributed by atoms with Crippen molar-refractivity contribution in [2.45, 2.75) is 32.2 Å². The van der Waals surface area contributed by atoms with E-state index in [9.17, 15) is 9.59 Å². The van der Waals surface area contributed by atoms with Gasteiger partial charge < -0.3 is 21.5 Å². The fraction of sp³-hybridized carbons (Fsp3) is 0.273. The number of benzene rings is 1. The fourth-order valence-corrected chi connectivity index (χ4v) is 4.01. The maximum atomic E-state index is 13.2. The third-order valence-electron chi connectivity index (χ3n) is 5.53. The molecule has 9 nitrogen and oxygen atoms in total. The molecular formula is C22H24Cl2N6O3. The molecule has 0 radical (unpaired) electrons. The number of hydrogen-bond donors (Lipinski definition) is 3. The number of carbonyl (C=O) groups is 1. The smallest absolute Gasteiger partial charge is 0.273 e. The summed E-state index contributed by atoms with van der Waals surface area (Å²) in [5, 5.41) is 2.92. The van der Waals surface area contributed by atoms with Crippen molar-refractivity contribution < 1.29 is 9.53 Å². The van der Waals surface area contributed by atoms with Crippen LogP contribution in [0.2, 0.25) is 10.0 Å². The van der Waals surface area contributed by atoms with Crippen molar-refractivity contribution in [3.05, 3.63) is 68.4 Å². The maximum absolute atomic E-state index is 13.2. The van der Waals surface area contributed by atoms with E-state index < -0.39 is 17.0 Å². The number of amides is 1. The van der Waals surface area contributed by atoms with Crippen LogP contribution in [0.5, 0.6) is 5.75 Å². The molecule has 0 aliphatic carbocycles. The Hall–Kier alpha value is -3.14. The van der Waals surface area contributed by atoms with E-state index in [1.165, 1.54) is 25.4 Å². The molecule has 0 saturated heterocycles.